The SMILES string of the molecule is NC(=O)Cc1ccc(F)cc1OC[C@@H]1CO1. The lowest BCUT2D eigenvalue weighted by atomic mass is 10.1. The van der Waals surface area contributed by atoms with Gasteiger partial charge in [0.05, 0.1) is 13.0 Å². The predicted octanol–water partition coefficient (Wildman–Crippen LogP) is 0.631. The highest BCUT2D eigenvalue weighted by molar-refractivity contribution is 5.77. The summed E-state index contributed by atoms with van der Waals surface area (Å²) < 4.78 is 23.3. The van der Waals surface area contributed by atoms with Crippen LogP contribution in [0.25, 0.3) is 0 Å². The Morgan fingerprint density at radius 3 is 3.00 bits per heavy atom. The Balaban J connectivity index is 2.10. The highest BCUT2D eigenvalue weighted by Crippen LogP contribution is 2.22. The van der Waals surface area contributed by atoms with E-state index in [1.54, 1.807) is 0 Å². The van der Waals surface area contributed by atoms with Crippen molar-refractivity contribution in [1.29, 1.82) is 0 Å². The van der Waals surface area contributed by atoms with Gasteiger partial charge in [-0.05, 0) is 6.07 Å². The fraction of sp³-hybridized carbons (Fsp3) is 0.364. The zero-order valence-corrected chi connectivity index (χ0v) is 8.61. The second-order valence-corrected chi connectivity index (χ2v) is 3.66. The molecule has 0 spiro atoms. The van der Waals surface area contributed by atoms with E-state index in [0.717, 1.165) is 0 Å². The van der Waals surface area contributed by atoms with Crippen LogP contribution in [0.1, 0.15) is 5.56 Å². The highest BCUT2D eigenvalue weighted by atomic mass is 19.1. The number of ether oxygens (including phenoxy) is 2. The number of amides is 1. The lowest BCUT2D eigenvalue weighted by Gasteiger charge is -2.09. The normalized spacial score (nSPS) is 18.2. The first-order chi connectivity index (χ1) is 7.65. The van der Waals surface area contributed by atoms with Crippen molar-refractivity contribution in [1.82, 2.24) is 0 Å². The Morgan fingerprint density at radius 2 is 2.38 bits per heavy atom. The molecular formula is C11H12FNO3. The summed E-state index contributed by atoms with van der Waals surface area (Å²) >= 11 is 0. The molecule has 4 nitrogen and oxygen atoms in total. The number of primary amides is 1. The van der Waals surface area contributed by atoms with E-state index in [2.05, 4.69) is 0 Å². The number of nitrogens with two attached hydrogens (primary N) is 1. The van der Waals surface area contributed by atoms with E-state index in [1.165, 1.54) is 18.2 Å². The molecule has 1 aromatic rings. The van der Waals surface area contributed by atoms with Crippen LogP contribution in [0.5, 0.6) is 5.75 Å². The van der Waals surface area contributed by atoms with Gasteiger partial charge in [0, 0.05) is 11.6 Å². The third-order valence-electron chi connectivity index (χ3n) is 2.22. The molecule has 0 bridgehead atoms. The van der Waals surface area contributed by atoms with Gasteiger partial charge in [-0.3, -0.25) is 4.79 Å². The maximum absolute atomic E-state index is 13.0. The first kappa shape index (κ1) is 10.9. The summed E-state index contributed by atoms with van der Waals surface area (Å²) in [6, 6.07) is 4.03. The van der Waals surface area contributed by atoms with Gasteiger partial charge in [-0.1, -0.05) is 6.07 Å². The fourth-order valence-electron chi connectivity index (χ4n) is 1.34. The summed E-state index contributed by atoms with van der Waals surface area (Å²) in [6.07, 6.45) is 0.130. The lowest BCUT2D eigenvalue weighted by molar-refractivity contribution is -0.117. The fourth-order valence-corrected chi connectivity index (χ4v) is 1.34. The van der Waals surface area contributed by atoms with Gasteiger partial charge in [0.1, 0.15) is 24.3 Å². The number of hydrogen-bond donors (Lipinski definition) is 1. The third kappa shape index (κ3) is 2.93. The number of rotatable bonds is 5. The molecule has 1 amide bonds. The number of carbonyl (C=O) groups is 1. The zero-order chi connectivity index (χ0) is 11.5. The van der Waals surface area contributed by atoms with Crippen LogP contribution in [0, 0.1) is 5.82 Å². The van der Waals surface area contributed by atoms with Gasteiger partial charge < -0.3 is 15.2 Å². The maximum Gasteiger partial charge on any atom is 0.221 e. The summed E-state index contributed by atoms with van der Waals surface area (Å²) in [5, 5.41) is 0. The minimum atomic E-state index is -0.473. The smallest absolute Gasteiger partial charge is 0.221 e. The number of benzene rings is 1. The Morgan fingerprint density at radius 1 is 1.62 bits per heavy atom. The molecule has 5 heteroatoms. The van der Waals surface area contributed by atoms with Crippen LogP contribution in [0.3, 0.4) is 0 Å². The summed E-state index contributed by atoms with van der Waals surface area (Å²) in [7, 11) is 0. The van der Waals surface area contributed by atoms with E-state index < -0.39 is 11.7 Å². The molecule has 1 aromatic carbocycles. The summed E-state index contributed by atoms with van der Waals surface area (Å²) in [5.41, 5.74) is 5.68. The number of halogens is 1. The molecule has 1 heterocycles. The van der Waals surface area contributed by atoms with Crippen molar-refractivity contribution in [3.05, 3.63) is 29.6 Å². The molecule has 2 N–H and O–H groups in total. The molecule has 2 rings (SSSR count). The summed E-state index contributed by atoms with van der Waals surface area (Å²) in [4.78, 5) is 10.8. The van der Waals surface area contributed by atoms with E-state index >= 15 is 0 Å². The molecule has 1 aliphatic rings. The number of hydrogen-bond acceptors (Lipinski definition) is 3. The second-order valence-electron chi connectivity index (χ2n) is 3.66. The van der Waals surface area contributed by atoms with Crippen molar-refractivity contribution < 1.29 is 18.7 Å². The van der Waals surface area contributed by atoms with E-state index in [4.69, 9.17) is 15.2 Å². The van der Waals surface area contributed by atoms with E-state index in [9.17, 15) is 9.18 Å². The monoisotopic (exact) mass is 225 g/mol. The lowest BCUT2D eigenvalue weighted by Crippen LogP contribution is -2.15. The molecular weight excluding hydrogens is 213 g/mol. The largest absolute Gasteiger partial charge is 0.490 e. The molecule has 86 valence electrons. The van der Waals surface area contributed by atoms with Crippen molar-refractivity contribution in [2.45, 2.75) is 12.5 Å². The molecule has 0 radical (unpaired) electrons. The quantitative estimate of drug-likeness (QED) is 0.747. The van der Waals surface area contributed by atoms with Crippen molar-refractivity contribution in [2.75, 3.05) is 13.2 Å². The van der Waals surface area contributed by atoms with Gasteiger partial charge >= 0.3 is 0 Å². The summed E-state index contributed by atoms with van der Waals surface area (Å²) in [5.74, 6) is -0.520. The van der Waals surface area contributed by atoms with Crippen molar-refractivity contribution in [3.8, 4) is 5.75 Å². The predicted molar refractivity (Wildman–Crippen MR) is 54.5 cm³/mol. The van der Waals surface area contributed by atoms with Gasteiger partial charge in [-0.25, -0.2) is 4.39 Å². The topological polar surface area (TPSA) is 64.9 Å². The highest BCUT2D eigenvalue weighted by Gasteiger charge is 2.23. The van der Waals surface area contributed by atoms with Crippen LogP contribution in [0.15, 0.2) is 18.2 Å². The maximum atomic E-state index is 13.0. The molecule has 0 saturated carbocycles. The number of carbonyl (C=O) groups excluding carboxylic acids is 1. The molecule has 0 aliphatic carbocycles. The van der Waals surface area contributed by atoms with E-state index in [-0.39, 0.29) is 12.5 Å². The van der Waals surface area contributed by atoms with Gasteiger partial charge in [0.2, 0.25) is 5.91 Å². The van der Waals surface area contributed by atoms with Crippen molar-refractivity contribution in [2.24, 2.45) is 5.73 Å². The minimum Gasteiger partial charge on any atom is -0.490 e. The standard InChI is InChI=1S/C11H12FNO3/c12-8-2-1-7(3-11(13)14)10(4-8)16-6-9-5-15-9/h1-2,4,9H,3,5-6H2,(H2,13,14)/t9-/m0/s1. The van der Waals surface area contributed by atoms with Gasteiger partial charge in [0.15, 0.2) is 0 Å². The van der Waals surface area contributed by atoms with Crippen molar-refractivity contribution >= 4 is 5.91 Å². The van der Waals surface area contributed by atoms with Crippen LogP contribution in [-0.4, -0.2) is 25.2 Å². The van der Waals surface area contributed by atoms with Crippen LogP contribution in [-0.2, 0) is 16.0 Å². The second kappa shape index (κ2) is 4.49. The van der Waals surface area contributed by atoms with Gasteiger partial charge in [0.25, 0.3) is 0 Å². The Hall–Kier alpha value is -1.62. The average molecular weight is 225 g/mol. The molecule has 1 atom stereocenters. The average Bonchev–Trinajstić information content (AvgIpc) is 3.01. The van der Waals surface area contributed by atoms with E-state index in [0.29, 0.717) is 24.5 Å². The Bertz CT molecular complexity index is 404. The van der Waals surface area contributed by atoms with E-state index in [1.807, 2.05) is 0 Å². The Kier molecular flexibility index (Phi) is 3.05. The number of epoxide rings is 1. The summed E-state index contributed by atoms with van der Waals surface area (Å²) in [6.45, 7) is 1.04. The van der Waals surface area contributed by atoms with Crippen LogP contribution in [0.2, 0.25) is 0 Å². The van der Waals surface area contributed by atoms with Crippen LogP contribution < -0.4 is 10.5 Å². The van der Waals surface area contributed by atoms with Crippen LogP contribution in [0.4, 0.5) is 4.39 Å². The Labute approximate surface area is 92.1 Å². The zero-order valence-electron chi connectivity index (χ0n) is 8.61. The van der Waals surface area contributed by atoms with Gasteiger partial charge in [-0.2, -0.15) is 0 Å². The van der Waals surface area contributed by atoms with Crippen molar-refractivity contribution in [3.63, 3.8) is 0 Å². The molecule has 1 aliphatic heterocycles. The molecule has 0 aromatic heterocycles. The third-order valence-corrected chi connectivity index (χ3v) is 2.22. The van der Waals surface area contributed by atoms with Gasteiger partial charge in [-0.15, -0.1) is 0 Å². The molecule has 1 saturated heterocycles. The first-order valence-electron chi connectivity index (χ1n) is 4.96. The molecule has 1 fully saturated rings. The van der Waals surface area contributed by atoms with Crippen LogP contribution >= 0.6 is 0 Å². The first-order valence-corrected chi connectivity index (χ1v) is 4.96. The molecule has 16 heavy (non-hydrogen) atoms. The molecule has 0 unspecified atom stereocenters. The minimum absolute atomic E-state index is 0.0428.